The van der Waals surface area contributed by atoms with Crippen LogP contribution in [0.2, 0.25) is 0 Å². The first kappa shape index (κ1) is 15.9. The Labute approximate surface area is 137 Å². The zero-order chi connectivity index (χ0) is 16.4. The first-order valence-corrected chi connectivity index (χ1v) is 8.23. The van der Waals surface area contributed by atoms with E-state index >= 15 is 0 Å². The summed E-state index contributed by atoms with van der Waals surface area (Å²) in [4.78, 5) is 19.4. The highest BCUT2D eigenvalue weighted by Gasteiger charge is 2.49. The minimum Gasteiger partial charge on any atom is -0.355 e. The summed E-state index contributed by atoms with van der Waals surface area (Å²) >= 11 is 0. The molecule has 0 unspecified atom stereocenters. The van der Waals surface area contributed by atoms with Crippen LogP contribution in [0.15, 0.2) is 24.8 Å². The highest BCUT2D eigenvalue weighted by Crippen LogP contribution is 2.33. The lowest BCUT2D eigenvalue weighted by Crippen LogP contribution is -2.67. The van der Waals surface area contributed by atoms with Gasteiger partial charge in [0.2, 0.25) is 5.91 Å². The zero-order valence-corrected chi connectivity index (χ0v) is 14.0. The van der Waals surface area contributed by atoms with Crippen LogP contribution < -0.4 is 4.90 Å². The largest absolute Gasteiger partial charge is 0.355 e. The van der Waals surface area contributed by atoms with Crippen molar-refractivity contribution in [2.75, 3.05) is 44.7 Å². The molecule has 6 heteroatoms. The maximum Gasteiger partial charge on any atom is 0.243 e. The van der Waals surface area contributed by atoms with E-state index in [-0.39, 0.29) is 11.4 Å². The summed E-state index contributed by atoms with van der Waals surface area (Å²) in [5.41, 5.74) is 0.556. The van der Waals surface area contributed by atoms with Crippen LogP contribution in [0.4, 0.5) is 5.82 Å². The lowest BCUT2D eigenvalue weighted by molar-refractivity contribution is -0.151. The Balaban J connectivity index is 1.73. The number of nitrogens with zero attached hydrogens (tertiary/aromatic N) is 5. The van der Waals surface area contributed by atoms with Crippen molar-refractivity contribution >= 4 is 11.7 Å². The average Bonchev–Trinajstić information content (AvgIpc) is 2.57. The molecule has 124 valence electrons. The maximum absolute atomic E-state index is 13.0. The van der Waals surface area contributed by atoms with E-state index < -0.39 is 0 Å². The quantitative estimate of drug-likeness (QED) is 0.782. The van der Waals surface area contributed by atoms with Crippen LogP contribution in [0.25, 0.3) is 0 Å². The van der Waals surface area contributed by atoms with Gasteiger partial charge in [0.15, 0.2) is 5.82 Å². The molecule has 2 aliphatic heterocycles. The second kappa shape index (κ2) is 6.28. The molecule has 0 aliphatic carbocycles. The Morgan fingerprint density at radius 2 is 1.96 bits per heavy atom. The normalized spacial score (nSPS) is 21.7. The van der Waals surface area contributed by atoms with Crippen molar-refractivity contribution in [1.29, 1.82) is 0 Å². The van der Waals surface area contributed by atoms with Gasteiger partial charge in [-0.05, 0) is 38.9 Å². The van der Waals surface area contributed by atoms with Crippen LogP contribution >= 0.6 is 0 Å². The highest BCUT2D eigenvalue weighted by molar-refractivity contribution is 5.87. The van der Waals surface area contributed by atoms with Crippen molar-refractivity contribution in [3.63, 3.8) is 0 Å². The molecule has 0 atom stereocenters. The Morgan fingerprint density at radius 1 is 1.22 bits per heavy atom. The molecule has 2 fully saturated rings. The summed E-state index contributed by atoms with van der Waals surface area (Å²) in [5.74, 6) is 1.15. The number of carbonyl (C=O) groups is 1. The summed E-state index contributed by atoms with van der Waals surface area (Å²) in [6, 6.07) is 3.99. The van der Waals surface area contributed by atoms with Gasteiger partial charge >= 0.3 is 0 Å². The molecule has 0 aromatic carbocycles. The fraction of sp³-hybridized carbons (Fsp3) is 0.588. The Morgan fingerprint density at radius 3 is 2.57 bits per heavy atom. The number of piperidine rings is 1. The van der Waals surface area contributed by atoms with Gasteiger partial charge in [-0.1, -0.05) is 6.08 Å². The molecule has 23 heavy (non-hydrogen) atoms. The third kappa shape index (κ3) is 2.83. The van der Waals surface area contributed by atoms with Crippen molar-refractivity contribution in [3.8, 4) is 0 Å². The van der Waals surface area contributed by atoms with Gasteiger partial charge in [0.25, 0.3) is 0 Å². The summed E-state index contributed by atoms with van der Waals surface area (Å²) in [5, 5.41) is 8.41. The molecule has 0 saturated carbocycles. The van der Waals surface area contributed by atoms with Gasteiger partial charge in [0, 0.05) is 32.7 Å². The average molecular weight is 315 g/mol. The number of hydrogen-bond donors (Lipinski definition) is 0. The van der Waals surface area contributed by atoms with E-state index in [4.69, 9.17) is 0 Å². The fourth-order valence-corrected chi connectivity index (χ4v) is 3.64. The third-order valence-electron chi connectivity index (χ3n) is 5.17. The van der Waals surface area contributed by atoms with Crippen molar-refractivity contribution in [2.24, 2.45) is 0 Å². The summed E-state index contributed by atoms with van der Waals surface area (Å²) < 4.78 is 0. The van der Waals surface area contributed by atoms with Crippen molar-refractivity contribution in [3.05, 3.63) is 30.5 Å². The molecular weight excluding hydrogens is 290 g/mol. The van der Waals surface area contributed by atoms with Crippen LogP contribution in [0.5, 0.6) is 0 Å². The summed E-state index contributed by atoms with van der Waals surface area (Å²) in [6.45, 7) is 9.71. The van der Waals surface area contributed by atoms with Gasteiger partial charge in [-0.3, -0.25) is 9.69 Å². The molecule has 0 bridgehead atoms. The number of piperazine rings is 1. The molecule has 1 aromatic heterocycles. The predicted molar refractivity (Wildman–Crippen MR) is 90.4 cm³/mol. The van der Waals surface area contributed by atoms with E-state index in [2.05, 4.69) is 33.6 Å². The van der Waals surface area contributed by atoms with Crippen LogP contribution in [-0.2, 0) is 4.79 Å². The van der Waals surface area contributed by atoms with E-state index in [1.165, 1.54) is 0 Å². The maximum atomic E-state index is 13.0. The standard InChI is InChI=1S/C17H25N5O/c1-4-9-22-13-12-20(3)17(16(22)23)7-10-21(11-8-17)15-6-5-14(2)18-19-15/h4-6H,1,7-13H2,2-3H3. The predicted octanol–water partition coefficient (Wildman–Crippen LogP) is 1.08. The van der Waals surface area contributed by atoms with E-state index in [9.17, 15) is 4.79 Å². The third-order valence-corrected chi connectivity index (χ3v) is 5.17. The van der Waals surface area contributed by atoms with Crippen LogP contribution in [0, 0.1) is 6.92 Å². The number of amides is 1. The fourth-order valence-electron chi connectivity index (χ4n) is 3.64. The van der Waals surface area contributed by atoms with Crippen LogP contribution in [0.3, 0.4) is 0 Å². The van der Waals surface area contributed by atoms with E-state index in [1.807, 2.05) is 30.0 Å². The lowest BCUT2D eigenvalue weighted by atomic mass is 9.82. The molecule has 1 spiro atoms. The molecule has 0 N–H and O–H groups in total. The SMILES string of the molecule is C=CCN1CCN(C)C2(CCN(c3ccc(C)nn3)CC2)C1=O. The Hall–Kier alpha value is -1.95. The van der Waals surface area contributed by atoms with Crippen LogP contribution in [0.1, 0.15) is 18.5 Å². The van der Waals surface area contributed by atoms with Gasteiger partial charge in [-0.25, -0.2) is 0 Å². The molecule has 3 heterocycles. The number of carbonyl (C=O) groups excluding carboxylic acids is 1. The van der Waals surface area contributed by atoms with Gasteiger partial charge in [-0.2, -0.15) is 5.10 Å². The molecule has 6 nitrogen and oxygen atoms in total. The molecule has 2 saturated heterocycles. The number of likely N-dealkylation sites (N-methyl/N-ethyl adjacent to an activating group) is 1. The van der Waals surface area contributed by atoms with E-state index in [0.717, 1.165) is 50.5 Å². The minimum atomic E-state index is -0.365. The van der Waals surface area contributed by atoms with Crippen molar-refractivity contribution in [2.45, 2.75) is 25.3 Å². The van der Waals surface area contributed by atoms with Gasteiger partial charge < -0.3 is 9.80 Å². The number of aryl methyl sites for hydroxylation is 1. The van der Waals surface area contributed by atoms with Gasteiger partial charge in [-0.15, -0.1) is 11.7 Å². The van der Waals surface area contributed by atoms with Crippen molar-refractivity contribution < 1.29 is 4.79 Å². The van der Waals surface area contributed by atoms with E-state index in [1.54, 1.807) is 0 Å². The summed E-state index contributed by atoms with van der Waals surface area (Å²) in [6.07, 6.45) is 3.46. The number of aromatic nitrogens is 2. The molecule has 3 rings (SSSR count). The molecule has 1 aromatic rings. The topological polar surface area (TPSA) is 52.6 Å². The van der Waals surface area contributed by atoms with Crippen LogP contribution in [-0.4, -0.2) is 71.2 Å². The molecule has 1 amide bonds. The second-order valence-electron chi connectivity index (χ2n) is 6.51. The molecule has 2 aliphatic rings. The first-order valence-electron chi connectivity index (χ1n) is 8.23. The zero-order valence-electron chi connectivity index (χ0n) is 14.0. The smallest absolute Gasteiger partial charge is 0.243 e. The van der Waals surface area contributed by atoms with Gasteiger partial charge in [0.05, 0.1) is 5.69 Å². The number of hydrogen-bond acceptors (Lipinski definition) is 5. The lowest BCUT2D eigenvalue weighted by Gasteiger charge is -2.51. The Bertz CT molecular complexity index is 577. The Kier molecular flexibility index (Phi) is 4.35. The van der Waals surface area contributed by atoms with Gasteiger partial charge in [0.1, 0.15) is 5.54 Å². The minimum absolute atomic E-state index is 0.251. The second-order valence-corrected chi connectivity index (χ2v) is 6.51. The number of anilines is 1. The first-order chi connectivity index (χ1) is 11.1. The van der Waals surface area contributed by atoms with E-state index in [0.29, 0.717) is 6.54 Å². The summed E-state index contributed by atoms with van der Waals surface area (Å²) in [7, 11) is 2.07. The van der Waals surface area contributed by atoms with Crippen molar-refractivity contribution in [1.82, 2.24) is 20.0 Å². The number of rotatable bonds is 3. The highest BCUT2D eigenvalue weighted by atomic mass is 16.2. The molecular formula is C17H25N5O. The molecule has 0 radical (unpaired) electrons. The monoisotopic (exact) mass is 315 g/mol.